The van der Waals surface area contributed by atoms with Gasteiger partial charge in [0.1, 0.15) is 0 Å². The van der Waals surface area contributed by atoms with Gasteiger partial charge in [0.2, 0.25) is 0 Å². The van der Waals surface area contributed by atoms with Gasteiger partial charge >= 0.3 is 0 Å². The molecule has 0 aliphatic heterocycles. The number of hydrogen-bond acceptors (Lipinski definition) is 2. The van der Waals surface area contributed by atoms with Crippen molar-refractivity contribution in [1.29, 1.82) is 0 Å². The van der Waals surface area contributed by atoms with E-state index in [0.29, 0.717) is 10.8 Å². The summed E-state index contributed by atoms with van der Waals surface area (Å²) in [4.78, 5) is 4.76. The molecule has 2 heterocycles. The number of benzene rings is 3. The molecule has 1 aliphatic rings. The maximum atomic E-state index is 4.76. The minimum atomic E-state index is 0.302. The van der Waals surface area contributed by atoms with Crippen LogP contribution in [0, 0.1) is 10.8 Å². The third-order valence-electron chi connectivity index (χ3n) is 7.82. The Balaban J connectivity index is 1.62. The van der Waals surface area contributed by atoms with Gasteiger partial charge in [-0.3, -0.25) is 4.98 Å². The lowest BCUT2D eigenvalue weighted by molar-refractivity contribution is 0.0967. The van der Waals surface area contributed by atoms with Crippen LogP contribution in [0.4, 0.5) is 0 Å². The largest absolute Gasteiger partial charge is 0.256 e. The zero-order valence-electron chi connectivity index (χ0n) is 18.6. The highest BCUT2D eigenvalue weighted by Gasteiger charge is 2.41. The summed E-state index contributed by atoms with van der Waals surface area (Å²) in [5.41, 5.74) is 5.94. The molecule has 1 aliphatic carbocycles. The van der Waals surface area contributed by atoms with Crippen molar-refractivity contribution in [1.82, 2.24) is 4.98 Å². The standard InChI is InChI=1S/C29H27NS/c1-28(2)16-20-12-23-24-15-22-19(10-11-30-27(22)18-8-6-5-7-9-18)13-25(24)31-26(23)14-21(20)17-29(28,3)4/h5-15H,16-17H2,1-4H3. The lowest BCUT2D eigenvalue weighted by Crippen LogP contribution is -2.40. The van der Waals surface area contributed by atoms with Gasteiger partial charge in [-0.25, -0.2) is 0 Å². The van der Waals surface area contributed by atoms with E-state index in [-0.39, 0.29) is 0 Å². The van der Waals surface area contributed by atoms with E-state index >= 15 is 0 Å². The second-order valence-electron chi connectivity index (χ2n) is 10.4. The molecule has 154 valence electrons. The van der Waals surface area contributed by atoms with Crippen LogP contribution in [0.5, 0.6) is 0 Å². The molecule has 3 aromatic carbocycles. The lowest BCUT2D eigenvalue weighted by atomic mass is 9.58. The first kappa shape index (κ1) is 19.0. The van der Waals surface area contributed by atoms with Crippen molar-refractivity contribution in [2.24, 2.45) is 10.8 Å². The van der Waals surface area contributed by atoms with Crippen LogP contribution in [0.15, 0.2) is 66.9 Å². The van der Waals surface area contributed by atoms with Gasteiger partial charge in [-0.05, 0) is 70.5 Å². The molecule has 0 fully saturated rings. The predicted molar refractivity (Wildman–Crippen MR) is 135 cm³/mol. The van der Waals surface area contributed by atoms with Crippen LogP contribution in [0.2, 0.25) is 0 Å². The van der Waals surface area contributed by atoms with Crippen LogP contribution in [-0.2, 0) is 12.8 Å². The van der Waals surface area contributed by atoms with Gasteiger partial charge in [0.15, 0.2) is 0 Å². The number of aromatic nitrogens is 1. The minimum Gasteiger partial charge on any atom is -0.256 e. The van der Waals surface area contributed by atoms with Crippen molar-refractivity contribution < 1.29 is 0 Å². The second-order valence-corrected chi connectivity index (χ2v) is 11.5. The van der Waals surface area contributed by atoms with E-state index in [1.54, 1.807) is 5.56 Å². The highest BCUT2D eigenvalue weighted by molar-refractivity contribution is 7.25. The van der Waals surface area contributed by atoms with Gasteiger partial charge < -0.3 is 0 Å². The van der Waals surface area contributed by atoms with Crippen molar-refractivity contribution in [2.45, 2.75) is 40.5 Å². The molecular weight excluding hydrogens is 394 g/mol. The smallest absolute Gasteiger partial charge is 0.0780 e. The Morgan fingerprint density at radius 3 is 2.10 bits per heavy atom. The molecular formula is C29H27NS. The Morgan fingerprint density at radius 1 is 0.710 bits per heavy atom. The summed E-state index contributed by atoms with van der Waals surface area (Å²) in [6, 6.07) is 22.4. The molecule has 0 bridgehead atoms. The summed E-state index contributed by atoms with van der Waals surface area (Å²) in [5, 5.41) is 5.27. The highest BCUT2D eigenvalue weighted by atomic mass is 32.1. The van der Waals surface area contributed by atoms with Crippen LogP contribution in [0.1, 0.15) is 38.8 Å². The van der Waals surface area contributed by atoms with Gasteiger partial charge in [0, 0.05) is 37.3 Å². The normalized spacial score (nSPS) is 17.3. The molecule has 1 nitrogen and oxygen atoms in total. The first-order valence-electron chi connectivity index (χ1n) is 11.1. The first-order valence-corrected chi connectivity index (χ1v) is 12.0. The molecule has 0 unspecified atom stereocenters. The molecule has 0 N–H and O–H groups in total. The SMILES string of the molecule is CC1(C)Cc2cc3sc4cc5ccnc(-c6ccccc6)c5cc4c3cc2CC1(C)C. The van der Waals surface area contributed by atoms with E-state index in [1.807, 2.05) is 17.5 Å². The van der Waals surface area contributed by atoms with E-state index in [0.717, 1.165) is 18.5 Å². The quantitative estimate of drug-likeness (QED) is 0.265. The molecule has 0 saturated carbocycles. The number of pyridine rings is 1. The maximum absolute atomic E-state index is 4.76. The summed E-state index contributed by atoms with van der Waals surface area (Å²) < 4.78 is 2.78. The third-order valence-corrected chi connectivity index (χ3v) is 8.94. The topological polar surface area (TPSA) is 12.9 Å². The van der Waals surface area contributed by atoms with Crippen molar-refractivity contribution in [3.05, 3.63) is 78.0 Å². The van der Waals surface area contributed by atoms with E-state index in [9.17, 15) is 0 Å². The fourth-order valence-electron chi connectivity index (χ4n) is 5.16. The Labute approximate surface area is 187 Å². The molecule has 0 radical (unpaired) electrons. The Kier molecular flexibility index (Phi) is 3.92. The molecule has 2 heteroatoms. The van der Waals surface area contributed by atoms with Gasteiger partial charge in [-0.15, -0.1) is 11.3 Å². The summed E-state index contributed by atoms with van der Waals surface area (Å²) in [6.07, 6.45) is 4.24. The highest BCUT2D eigenvalue weighted by Crippen LogP contribution is 2.50. The van der Waals surface area contributed by atoms with E-state index in [4.69, 9.17) is 4.98 Å². The van der Waals surface area contributed by atoms with Gasteiger partial charge in [-0.2, -0.15) is 0 Å². The van der Waals surface area contributed by atoms with Crippen LogP contribution in [0.25, 0.3) is 42.2 Å². The van der Waals surface area contributed by atoms with E-state index in [1.165, 1.54) is 42.1 Å². The predicted octanol–water partition coefficient (Wildman–Crippen LogP) is 8.42. The van der Waals surface area contributed by atoms with Crippen LogP contribution in [0.3, 0.4) is 0 Å². The molecule has 6 rings (SSSR count). The minimum absolute atomic E-state index is 0.302. The third kappa shape index (κ3) is 2.85. The maximum Gasteiger partial charge on any atom is 0.0780 e. The fourth-order valence-corrected chi connectivity index (χ4v) is 6.34. The summed E-state index contributed by atoms with van der Waals surface area (Å²) in [6.45, 7) is 9.71. The zero-order chi connectivity index (χ0) is 21.4. The fraction of sp³-hybridized carbons (Fsp3) is 0.276. The summed E-state index contributed by atoms with van der Waals surface area (Å²) >= 11 is 1.93. The van der Waals surface area contributed by atoms with Gasteiger partial charge in [0.05, 0.1) is 5.69 Å². The first-order chi connectivity index (χ1) is 14.8. The van der Waals surface area contributed by atoms with E-state index in [2.05, 4.69) is 88.4 Å². The number of thiophene rings is 1. The van der Waals surface area contributed by atoms with Gasteiger partial charge in [0.25, 0.3) is 0 Å². The van der Waals surface area contributed by atoms with Crippen molar-refractivity contribution in [3.8, 4) is 11.3 Å². The Bertz CT molecular complexity index is 1470. The number of hydrogen-bond donors (Lipinski definition) is 0. The molecule has 31 heavy (non-hydrogen) atoms. The number of rotatable bonds is 1. The van der Waals surface area contributed by atoms with Crippen LogP contribution in [-0.4, -0.2) is 4.98 Å². The molecule has 0 saturated heterocycles. The van der Waals surface area contributed by atoms with Crippen molar-refractivity contribution in [3.63, 3.8) is 0 Å². The van der Waals surface area contributed by atoms with Crippen molar-refractivity contribution in [2.75, 3.05) is 0 Å². The zero-order valence-corrected chi connectivity index (χ0v) is 19.4. The molecule has 0 amide bonds. The Hall–Kier alpha value is -2.71. The molecule has 0 atom stereocenters. The monoisotopic (exact) mass is 421 g/mol. The molecule has 0 spiro atoms. The second kappa shape index (κ2) is 6.40. The van der Waals surface area contributed by atoms with Crippen LogP contribution >= 0.6 is 11.3 Å². The van der Waals surface area contributed by atoms with E-state index < -0.39 is 0 Å². The van der Waals surface area contributed by atoms with Crippen molar-refractivity contribution >= 4 is 42.3 Å². The summed E-state index contributed by atoms with van der Waals surface area (Å²) in [7, 11) is 0. The molecule has 5 aromatic rings. The van der Waals surface area contributed by atoms with Crippen LogP contribution < -0.4 is 0 Å². The molecule has 2 aromatic heterocycles. The lowest BCUT2D eigenvalue weighted by Gasteiger charge is -2.46. The number of nitrogens with zero attached hydrogens (tertiary/aromatic N) is 1. The summed E-state index contributed by atoms with van der Waals surface area (Å²) in [5.74, 6) is 0. The average Bonchev–Trinajstić information content (AvgIpc) is 3.07. The average molecular weight is 422 g/mol. The Morgan fingerprint density at radius 2 is 1.35 bits per heavy atom. The van der Waals surface area contributed by atoms with Gasteiger partial charge in [-0.1, -0.05) is 58.0 Å². The number of fused-ring (bicyclic) bond motifs is 5.